The quantitative estimate of drug-likeness (QED) is 0.793. The Labute approximate surface area is 133 Å². The summed E-state index contributed by atoms with van der Waals surface area (Å²) in [6.45, 7) is 1.40. The van der Waals surface area contributed by atoms with E-state index < -0.39 is 29.7 Å². The molecular weight excluding hydrogens is 302 g/mol. The lowest BCUT2D eigenvalue weighted by Crippen LogP contribution is -2.40. The summed E-state index contributed by atoms with van der Waals surface area (Å²) in [5.74, 6) is -1.90. The summed E-state index contributed by atoms with van der Waals surface area (Å²) in [6, 6.07) is 10.9. The topological polar surface area (TPSA) is 61.4 Å². The highest BCUT2D eigenvalue weighted by atomic mass is 19.2. The molecule has 0 aliphatic heterocycles. The Bertz CT molecular complexity index is 665. The maximum atomic E-state index is 13.2. The van der Waals surface area contributed by atoms with E-state index in [1.54, 1.807) is 19.1 Å². The minimum absolute atomic E-state index is 0.253. The van der Waals surface area contributed by atoms with Gasteiger partial charge in [-0.05, 0) is 30.2 Å². The maximum Gasteiger partial charge on any atom is 0.315 e. The van der Waals surface area contributed by atoms with E-state index in [2.05, 4.69) is 10.6 Å². The number of nitrogens with one attached hydrogen (secondary N) is 2. The van der Waals surface area contributed by atoms with E-state index >= 15 is 0 Å². The third-order valence-electron chi connectivity index (χ3n) is 3.48. The standard InChI is InChI=1S/C17H18F2N2O2/c1-11(13-7-8-14(18)15(19)9-13)20-17(23)21-16(10-22)12-5-3-2-4-6-12/h2-9,11,16,22H,10H2,1H3,(H2,20,21,23). The Balaban J connectivity index is 1.99. The zero-order valence-corrected chi connectivity index (χ0v) is 12.6. The van der Waals surface area contributed by atoms with E-state index in [1.165, 1.54) is 6.07 Å². The highest BCUT2D eigenvalue weighted by Gasteiger charge is 2.16. The van der Waals surface area contributed by atoms with Gasteiger partial charge >= 0.3 is 6.03 Å². The zero-order valence-electron chi connectivity index (χ0n) is 12.6. The van der Waals surface area contributed by atoms with Crippen LogP contribution in [0, 0.1) is 11.6 Å². The highest BCUT2D eigenvalue weighted by Crippen LogP contribution is 2.16. The van der Waals surface area contributed by atoms with Crippen LogP contribution in [-0.2, 0) is 0 Å². The summed E-state index contributed by atoms with van der Waals surface area (Å²) in [4.78, 5) is 12.0. The summed E-state index contributed by atoms with van der Waals surface area (Å²) < 4.78 is 26.2. The number of hydrogen-bond acceptors (Lipinski definition) is 2. The van der Waals surface area contributed by atoms with Crippen LogP contribution in [0.2, 0.25) is 0 Å². The van der Waals surface area contributed by atoms with Crippen molar-refractivity contribution in [3.8, 4) is 0 Å². The van der Waals surface area contributed by atoms with E-state index in [9.17, 15) is 18.7 Å². The van der Waals surface area contributed by atoms with Gasteiger partial charge in [-0.15, -0.1) is 0 Å². The fourth-order valence-electron chi connectivity index (χ4n) is 2.18. The van der Waals surface area contributed by atoms with Gasteiger partial charge in [-0.1, -0.05) is 36.4 Å². The molecule has 0 saturated heterocycles. The molecule has 0 aromatic heterocycles. The van der Waals surface area contributed by atoms with Crippen LogP contribution < -0.4 is 10.6 Å². The van der Waals surface area contributed by atoms with Gasteiger partial charge in [0.25, 0.3) is 0 Å². The number of rotatable bonds is 5. The number of hydrogen-bond donors (Lipinski definition) is 3. The average molecular weight is 320 g/mol. The van der Waals surface area contributed by atoms with Crippen LogP contribution in [0.3, 0.4) is 0 Å². The molecule has 0 saturated carbocycles. The molecule has 2 rings (SSSR count). The molecule has 2 amide bonds. The van der Waals surface area contributed by atoms with E-state index in [4.69, 9.17) is 0 Å². The second-order valence-electron chi connectivity index (χ2n) is 5.16. The number of carbonyl (C=O) groups is 1. The summed E-state index contributed by atoms with van der Waals surface area (Å²) in [7, 11) is 0. The first-order valence-corrected chi connectivity index (χ1v) is 7.19. The van der Waals surface area contributed by atoms with Crippen molar-refractivity contribution in [3.63, 3.8) is 0 Å². The normalized spacial score (nSPS) is 13.2. The first-order valence-electron chi connectivity index (χ1n) is 7.19. The lowest BCUT2D eigenvalue weighted by molar-refractivity contribution is 0.214. The second-order valence-corrected chi connectivity index (χ2v) is 5.16. The van der Waals surface area contributed by atoms with Crippen molar-refractivity contribution in [1.82, 2.24) is 10.6 Å². The Hall–Kier alpha value is -2.47. The third kappa shape index (κ3) is 4.50. The summed E-state index contributed by atoms with van der Waals surface area (Å²) in [5.41, 5.74) is 1.21. The van der Waals surface area contributed by atoms with Crippen molar-refractivity contribution in [2.75, 3.05) is 6.61 Å². The molecule has 0 spiro atoms. The summed E-state index contributed by atoms with van der Waals surface area (Å²) in [5, 5.41) is 14.7. The van der Waals surface area contributed by atoms with Crippen molar-refractivity contribution in [1.29, 1.82) is 0 Å². The molecule has 3 N–H and O–H groups in total. The molecule has 0 bridgehead atoms. The van der Waals surface area contributed by atoms with Crippen LogP contribution in [0.4, 0.5) is 13.6 Å². The first-order chi connectivity index (χ1) is 11.0. The van der Waals surface area contributed by atoms with E-state index in [1.807, 2.05) is 18.2 Å². The fraction of sp³-hybridized carbons (Fsp3) is 0.235. The van der Waals surface area contributed by atoms with Gasteiger partial charge in [-0.25, -0.2) is 13.6 Å². The predicted octanol–water partition coefficient (Wildman–Crippen LogP) is 3.06. The van der Waals surface area contributed by atoms with E-state index in [0.29, 0.717) is 5.56 Å². The molecule has 4 nitrogen and oxygen atoms in total. The van der Waals surface area contributed by atoms with Crippen LogP contribution in [-0.4, -0.2) is 17.7 Å². The largest absolute Gasteiger partial charge is 0.394 e. The van der Waals surface area contributed by atoms with Crippen LogP contribution in [0.1, 0.15) is 30.1 Å². The average Bonchev–Trinajstić information content (AvgIpc) is 2.55. The monoisotopic (exact) mass is 320 g/mol. The lowest BCUT2D eigenvalue weighted by Gasteiger charge is -2.20. The van der Waals surface area contributed by atoms with Crippen molar-refractivity contribution in [3.05, 3.63) is 71.3 Å². The molecule has 2 aromatic rings. The summed E-state index contributed by atoms with van der Waals surface area (Å²) in [6.07, 6.45) is 0. The number of halogens is 2. The van der Waals surface area contributed by atoms with Crippen molar-refractivity contribution >= 4 is 6.03 Å². The Kier molecular flexibility index (Phi) is 5.65. The number of benzene rings is 2. The van der Waals surface area contributed by atoms with Gasteiger partial charge in [0, 0.05) is 0 Å². The minimum Gasteiger partial charge on any atom is -0.394 e. The molecule has 2 atom stereocenters. The van der Waals surface area contributed by atoms with Gasteiger partial charge in [-0.2, -0.15) is 0 Å². The third-order valence-corrected chi connectivity index (χ3v) is 3.48. The van der Waals surface area contributed by atoms with Crippen LogP contribution in [0.15, 0.2) is 48.5 Å². The molecule has 2 unspecified atom stereocenters. The number of carbonyl (C=O) groups excluding carboxylic acids is 1. The number of aliphatic hydroxyl groups is 1. The van der Waals surface area contributed by atoms with Gasteiger partial charge in [0.2, 0.25) is 0 Å². The maximum absolute atomic E-state index is 13.2. The molecule has 0 heterocycles. The Morgan fingerprint density at radius 3 is 2.35 bits per heavy atom. The number of urea groups is 1. The minimum atomic E-state index is -0.964. The highest BCUT2D eigenvalue weighted by molar-refractivity contribution is 5.75. The van der Waals surface area contributed by atoms with E-state index in [0.717, 1.165) is 17.7 Å². The molecule has 0 fully saturated rings. The van der Waals surface area contributed by atoms with Gasteiger partial charge in [0.15, 0.2) is 11.6 Å². The Morgan fingerprint density at radius 1 is 1.04 bits per heavy atom. The summed E-state index contributed by atoms with van der Waals surface area (Å²) >= 11 is 0. The second kappa shape index (κ2) is 7.69. The van der Waals surface area contributed by atoms with Crippen LogP contribution in [0.5, 0.6) is 0 Å². The van der Waals surface area contributed by atoms with Gasteiger partial charge in [0.1, 0.15) is 0 Å². The number of aliphatic hydroxyl groups excluding tert-OH is 1. The molecule has 0 aliphatic rings. The van der Waals surface area contributed by atoms with Gasteiger partial charge in [-0.3, -0.25) is 0 Å². The van der Waals surface area contributed by atoms with Gasteiger partial charge < -0.3 is 15.7 Å². The predicted molar refractivity (Wildman–Crippen MR) is 82.7 cm³/mol. The Morgan fingerprint density at radius 2 is 1.74 bits per heavy atom. The van der Waals surface area contributed by atoms with Gasteiger partial charge in [0.05, 0.1) is 18.7 Å². The van der Waals surface area contributed by atoms with Crippen molar-refractivity contribution < 1.29 is 18.7 Å². The van der Waals surface area contributed by atoms with Crippen LogP contribution in [0.25, 0.3) is 0 Å². The van der Waals surface area contributed by atoms with E-state index in [-0.39, 0.29) is 6.61 Å². The molecule has 2 aromatic carbocycles. The number of amides is 2. The fourth-order valence-corrected chi connectivity index (χ4v) is 2.18. The molecule has 23 heavy (non-hydrogen) atoms. The SMILES string of the molecule is CC(NC(=O)NC(CO)c1ccccc1)c1ccc(F)c(F)c1. The zero-order chi connectivity index (χ0) is 16.8. The molecule has 6 heteroatoms. The molecule has 0 radical (unpaired) electrons. The van der Waals surface area contributed by atoms with Crippen molar-refractivity contribution in [2.24, 2.45) is 0 Å². The van der Waals surface area contributed by atoms with Crippen LogP contribution >= 0.6 is 0 Å². The lowest BCUT2D eigenvalue weighted by atomic mass is 10.1. The van der Waals surface area contributed by atoms with Crippen molar-refractivity contribution in [2.45, 2.75) is 19.0 Å². The first kappa shape index (κ1) is 16.9. The molecule has 122 valence electrons. The molecular formula is C17H18F2N2O2. The molecule has 0 aliphatic carbocycles. The smallest absolute Gasteiger partial charge is 0.315 e.